The molecular weight excluding hydrogens is 210 g/mol. The lowest BCUT2D eigenvalue weighted by atomic mass is 10.1. The van der Waals surface area contributed by atoms with Crippen molar-refractivity contribution in [3.8, 4) is 0 Å². The Morgan fingerprint density at radius 3 is 2.82 bits per heavy atom. The van der Waals surface area contributed by atoms with Crippen LogP contribution in [-0.4, -0.2) is 23.0 Å². The topological polar surface area (TPSA) is 45.0 Å². The second kappa shape index (κ2) is 4.51. The normalized spacial score (nSPS) is 17.0. The Hall–Kier alpha value is -1.32. The summed E-state index contributed by atoms with van der Waals surface area (Å²) < 4.78 is 0. The van der Waals surface area contributed by atoms with E-state index in [0.717, 1.165) is 6.54 Å². The fourth-order valence-electron chi connectivity index (χ4n) is 2.67. The Morgan fingerprint density at radius 1 is 1.24 bits per heavy atom. The van der Waals surface area contributed by atoms with Gasteiger partial charge in [0.2, 0.25) is 0 Å². The van der Waals surface area contributed by atoms with Crippen molar-refractivity contribution in [2.75, 3.05) is 13.1 Å². The van der Waals surface area contributed by atoms with Crippen molar-refractivity contribution in [1.29, 1.82) is 0 Å². The van der Waals surface area contributed by atoms with Crippen molar-refractivity contribution in [3.05, 3.63) is 35.5 Å². The van der Waals surface area contributed by atoms with Crippen LogP contribution in [0, 0.1) is 0 Å². The van der Waals surface area contributed by atoms with E-state index in [-0.39, 0.29) is 0 Å². The third-order valence-electron chi connectivity index (χ3n) is 3.66. The second-order valence-electron chi connectivity index (χ2n) is 4.88. The number of hydrogen-bond acceptors (Lipinski definition) is 2. The van der Waals surface area contributed by atoms with Gasteiger partial charge in [0, 0.05) is 30.2 Å². The van der Waals surface area contributed by atoms with Gasteiger partial charge in [-0.05, 0) is 43.1 Å². The lowest BCUT2D eigenvalue weighted by molar-refractivity contribution is 0.332. The van der Waals surface area contributed by atoms with Gasteiger partial charge in [-0.25, -0.2) is 0 Å². The van der Waals surface area contributed by atoms with E-state index in [9.17, 15) is 0 Å². The first-order valence-corrected chi connectivity index (χ1v) is 6.38. The van der Waals surface area contributed by atoms with Gasteiger partial charge in [0.15, 0.2) is 0 Å². The highest BCUT2D eigenvalue weighted by atomic mass is 15.1. The molecule has 1 fully saturated rings. The van der Waals surface area contributed by atoms with E-state index in [1.54, 1.807) is 0 Å². The molecular formula is C14H19N3. The van der Waals surface area contributed by atoms with Gasteiger partial charge in [-0.1, -0.05) is 12.1 Å². The lowest BCUT2D eigenvalue weighted by Gasteiger charge is -2.13. The van der Waals surface area contributed by atoms with Gasteiger partial charge in [-0.3, -0.25) is 4.90 Å². The molecule has 3 rings (SSSR count). The quantitative estimate of drug-likeness (QED) is 0.847. The second-order valence-corrected chi connectivity index (χ2v) is 4.88. The SMILES string of the molecule is NCc1ccc2c(CN3CCCC3)c[nH]c2c1. The van der Waals surface area contributed by atoms with E-state index in [1.165, 1.54) is 48.0 Å². The molecule has 1 aliphatic rings. The number of likely N-dealkylation sites (tertiary alicyclic amines) is 1. The van der Waals surface area contributed by atoms with E-state index in [0.29, 0.717) is 6.54 Å². The highest BCUT2D eigenvalue weighted by molar-refractivity contribution is 5.83. The minimum Gasteiger partial charge on any atom is -0.361 e. The first-order valence-electron chi connectivity index (χ1n) is 6.38. The molecule has 17 heavy (non-hydrogen) atoms. The fourth-order valence-corrected chi connectivity index (χ4v) is 2.67. The maximum absolute atomic E-state index is 5.66. The minimum absolute atomic E-state index is 0.608. The third kappa shape index (κ3) is 2.08. The number of nitrogens with one attached hydrogen (secondary N) is 1. The van der Waals surface area contributed by atoms with Crippen LogP contribution in [0.15, 0.2) is 24.4 Å². The van der Waals surface area contributed by atoms with Crippen LogP contribution in [-0.2, 0) is 13.1 Å². The zero-order valence-electron chi connectivity index (χ0n) is 10.1. The number of nitrogens with two attached hydrogens (primary N) is 1. The average Bonchev–Trinajstić information content (AvgIpc) is 2.99. The van der Waals surface area contributed by atoms with Gasteiger partial charge < -0.3 is 10.7 Å². The molecule has 3 nitrogen and oxygen atoms in total. The molecule has 0 radical (unpaired) electrons. The average molecular weight is 229 g/mol. The van der Waals surface area contributed by atoms with Crippen LogP contribution in [0.1, 0.15) is 24.0 Å². The molecule has 1 saturated heterocycles. The summed E-state index contributed by atoms with van der Waals surface area (Å²) in [5.41, 5.74) is 9.46. The molecule has 90 valence electrons. The highest BCUT2D eigenvalue weighted by Crippen LogP contribution is 2.22. The molecule has 0 atom stereocenters. The van der Waals surface area contributed by atoms with Gasteiger partial charge in [-0.15, -0.1) is 0 Å². The summed E-state index contributed by atoms with van der Waals surface area (Å²) in [6.45, 7) is 4.17. The molecule has 0 amide bonds. The predicted molar refractivity (Wildman–Crippen MR) is 70.7 cm³/mol. The fraction of sp³-hybridized carbons (Fsp3) is 0.429. The standard InChI is InChI=1S/C14H19N3/c15-8-11-3-4-13-12(9-16-14(13)7-11)10-17-5-1-2-6-17/h3-4,7,9,16H,1-2,5-6,8,10,15H2. The highest BCUT2D eigenvalue weighted by Gasteiger charge is 2.13. The van der Waals surface area contributed by atoms with Gasteiger partial charge in [0.25, 0.3) is 0 Å². The number of aromatic amines is 1. The van der Waals surface area contributed by atoms with Crippen molar-refractivity contribution in [3.63, 3.8) is 0 Å². The summed E-state index contributed by atoms with van der Waals surface area (Å²) in [4.78, 5) is 5.88. The maximum atomic E-state index is 5.66. The van der Waals surface area contributed by atoms with E-state index in [2.05, 4.69) is 34.3 Å². The van der Waals surface area contributed by atoms with Crippen LogP contribution in [0.3, 0.4) is 0 Å². The Labute approximate surface area is 102 Å². The molecule has 1 aliphatic heterocycles. The van der Waals surface area contributed by atoms with E-state index >= 15 is 0 Å². The summed E-state index contributed by atoms with van der Waals surface area (Å²) in [7, 11) is 0. The zero-order valence-corrected chi connectivity index (χ0v) is 10.1. The Morgan fingerprint density at radius 2 is 2.06 bits per heavy atom. The van der Waals surface area contributed by atoms with Crippen LogP contribution in [0.5, 0.6) is 0 Å². The van der Waals surface area contributed by atoms with Gasteiger partial charge in [-0.2, -0.15) is 0 Å². The van der Waals surface area contributed by atoms with Gasteiger partial charge in [0.1, 0.15) is 0 Å². The summed E-state index contributed by atoms with van der Waals surface area (Å²) >= 11 is 0. The molecule has 0 bridgehead atoms. The molecule has 1 aromatic heterocycles. The monoisotopic (exact) mass is 229 g/mol. The number of nitrogens with zero attached hydrogens (tertiary/aromatic N) is 1. The Balaban J connectivity index is 1.89. The Kier molecular flexibility index (Phi) is 2.87. The molecule has 2 heterocycles. The van der Waals surface area contributed by atoms with Crippen LogP contribution in [0.25, 0.3) is 10.9 Å². The molecule has 0 saturated carbocycles. The van der Waals surface area contributed by atoms with Crippen molar-refractivity contribution in [2.24, 2.45) is 5.73 Å². The van der Waals surface area contributed by atoms with Crippen molar-refractivity contribution >= 4 is 10.9 Å². The minimum atomic E-state index is 0.608. The molecule has 0 aliphatic carbocycles. The van der Waals surface area contributed by atoms with Crippen molar-refractivity contribution < 1.29 is 0 Å². The van der Waals surface area contributed by atoms with Crippen molar-refractivity contribution in [2.45, 2.75) is 25.9 Å². The van der Waals surface area contributed by atoms with Crippen LogP contribution in [0.4, 0.5) is 0 Å². The van der Waals surface area contributed by atoms with E-state index < -0.39 is 0 Å². The molecule has 2 aromatic rings. The Bertz CT molecular complexity index is 509. The van der Waals surface area contributed by atoms with Crippen LogP contribution >= 0.6 is 0 Å². The number of aromatic nitrogens is 1. The smallest absolute Gasteiger partial charge is 0.0460 e. The lowest BCUT2D eigenvalue weighted by Crippen LogP contribution is -2.17. The van der Waals surface area contributed by atoms with Gasteiger partial charge >= 0.3 is 0 Å². The number of hydrogen-bond donors (Lipinski definition) is 2. The van der Waals surface area contributed by atoms with E-state index in [4.69, 9.17) is 5.73 Å². The first-order chi connectivity index (χ1) is 8.36. The molecule has 1 aromatic carbocycles. The predicted octanol–water partition coefficient (Wildman–Crippen LogP) is 2.22. The molecule has 3 heteroatoms. The van der Waals surface area contributed by atoms with Gasteiger partial charge in [0.05, 0.1) is 0 Å². The zero-order chi connectivity index (χ0) is 11.7. The largest absolute Gasteiger partial charge is 0.361 e. The number of benzene rings is 1. The van der Waals surface area contributed by atoms with E-state index in [1.807, 2.05) is 0 Å². The summed E-state index contributed by atoms with van der Waals surface area (Å²) in [5, 5.41) is 1.34. The number of fused-ring (bicyclic) bond motifs is 1. The van der Waals surface area contributed by atoms with Crippen molar-refractivity contribution in [1.82, 2.24) is 9.88 Å². The summed E-state index contributed by atoms with van der Waals surface area (Å²) in [6.07, 6.45) is 4.84. The summed E-state index contributed by atoms with van der Waals surface area (Å²) in [6, 6.07) is 6.48. The molecule has 0 spiro atoms. The molecule has 3 N–H and O–H groups in total. The summed E-state index contributed by atoms with van der Waals surface area (Å²) in [5.74, 6) is 0. The molecule has 0 unspecified atom stereocenters. The first kappa shape index (κ1) is 10.8. The number of rotatable bonds is 3. The maximum Gasteiger partial charge on any atom is 0.0460 e. The van der Waals surface area contributed by atoms with Crippen LogP contribution < -0.4 is 5.73 Å². The third-order valence-corrected chi connectivity index (χ3v) is 3.66. The number of H-pyrrole nitrogens is 1. The van der Waals surface area contributed by atoms with Crippen LogP contribution in [0.2, 0.25) is 0 Å².